The number of Topliss-reactive ketones (excluding diaryl/α,β-unsaturated/α-hetero) is 1. The second kappa shape index (κ2) is 10.3. The lowest BCUT2D eigenvalue weighted by Crippen LogP contribution is -2.27. The van der Waals surface area contributed by atoms with E-state index in [1.54, 1.807) is 27.4 Å². The van der Waals surface area contributed by atoms with Crippen LogP contribution in [0.4, 0.5) is 17.1 Å². The molecular weight excluding hydrogens is 510 g/mol. The number of allylic oxidation sites excluding steroid dienone is 1. The Bertz CT molecular complexity index is 1450. The van der Waals surface area contributed by atoms with Gasteiger partial charge >= 0.3 is 0 Å². The predicted molar refractivity (Wildman–Crippen MR) is 145 cm³/mol. The molecule has 2 atom stereocenters. The van der Waals surface area contributed by atoms with Gasteiger partial charge in [0.05, 0.1) is 43.7 Å². The first-order valence-electron chi connectivity index (χ1n) is 12.0. The summed E-state index contributed by atoms with van der Waals surface area (Å²) >= 11 is 6.08. The summed E-state index contributed by atoms with van der Waals surface area (Å²) in [4.78, 5) is 24.9. The van der Waals surface area contributed by atoms with Crippen molar-refractivity contribution >= 4 is 34.4 Å². The molecule has 0 radical (unpaired) electrons. The van der Waals surface area contributed by atoms with E-state index in [1.165, 1.54) is 12.1 Å². The molecule has 1 heterocycles. The summed E-state index contributed by atoms with van der Waals surface area (Å²) in [6.45, 7) is 0. The number of halogens is 1. The van der Waals surface area contributed by atoms with Crippen LogP contribution in [0.15, 0.2) is 65.9 Å². The monoisotopic (exact) mass is 535 g/mol. The molecular formula is C28H26ClN3O6. The van der Waals surface area contributed by atoms with Gasteiger partial charge < -0.3 is 24.8 Å². The van der Waals surface area contributed by atoms with E-state index < -0.39 is 11.0 Å². The Kier molecular flexibility index (Phi) is 6.86. The van der Waals surface area contributed by atoms with Crippen LogP contribution in [-0.4, -0.2) is 32.0 Å². The number of nitrogens with one attached hydrogen (secondary N) is 2. The molecule has 0 spiro atoms. The van der Waals surface area contributed by atoms with Gasteiger partial charge in [-0.15, -0.1) is 0 Å². The van der Waals surface area contributed by atoms with Gasteiger partial charge in [0.2, 0.25) is 5.75 Å². The van der Waals surface area contributed by atoms with Gasteiger partial charge in [0.25, 0.3) is 5.69 Å². The molecule has 0 aromatic heterocycles. The lowest BCUT2D eigenvalue weighted by molar-refractivity contribution is -0.384. The molecule has 5 rings (SSSR count). The molecule has 2 unspecified atom stereocenters. The van der Waals surface area contributed by atoms with Gasteiger partial charge in [0.1, 0.15) is 5.02 Å². The molecule has 0 bridgehead atoms. The van der Waals surface area contributed by atoms with Crippen molar-refractivity contribution in [1.29, 1.82) is 0 Å². The third-order valence-electron chi connectivity index (χ3n) is 6.97. The molecule has 9 nitrogen and oxygen atoms in total. The van der Waals surface area contributed by atoms with Crippen LogP contribution in [0, 0.1) is 10.1 Å². The highest BCUT2D eigenvalue weighted by Crippen LogP contribution is 2.47. The maximum atomic E-state index is 13.8. The Balaban J connectivity index is 1.62. The quantitative estimate of drug-likeness (QED) is 0.281. The lowest BCUT2D eigenvalue weighted by atomic mass is 9.78. The molecule has 38 heavy (non-hydrogen) atoms. The Morgan fingerprint density at radius 2 is 1.61 bits per heavy atom. The van der Waals surface area contributed by atoms with E-state index in [0.29, 0.717) is 34.8 Å². The number of carbonyl (C=O) groups excluding carboxylic acids is 1. The first kappa shape index (κ1) is 25.4. The van der Waals surface area contributed by atoms with Crippen LogP contribution in [0.1, 0.15) is 35.9 Å². The Morgan fingerprint density at radius 3 is 2.24 bits per heavy atom. The third kappa shape index (κ3) is 4.50. The number of carbonyl (C=O) groups is 1. The third-order valence-corrected chi connectivity index (χ3v) is 7.29. The summed E-state index contributed by atoms with van der Waals surface area (Å²) in [5, 5.41) is 18.5. The Morgan fingerprint density at radius 1 is 0.921 bits per heavy atom. The van der Waals surface area contributed by atoms with Crippen LogP contribution in [0.5, 0.6) is 17.2 Å². The number of nitrogens with zero attached hydrogens (tertiary/aromatic N) is 1. The smallest absolute Gasteiger partial charge is 0.288 e. The van der Waals surface area contributed by atoms with Gasteiger partial charge in [0.15, 0.2) is 17.3 Å². The van der Waals surface area contributed by atoms with E-state index in [9.17, 15) is 14.9 Å². The molecule has 3 aromatic carbocycles. The first-order valence-corrected chi connectivity index (χ1v) is 12.3. The number of nitro benzene ring substituents is 1. The van der Waals surface area contributed by atoms with E-state index in [2.05, 4.69) is 10.6 Å². The topological polar surface area (TPSA) is 112 Å². The number of anilines is 2. The fourth-order valence-electron chi connectivity index (χ4n) is 5.16. The maximum Gasteiger partial charge on any atom is 0.288 e. The molecule has 0 saturated carbocycles. The average molecular weight is 536 g/mol. The molecule has 2 aliphatic rings. The minimum atomic E-state index is -0.606. The summed E-state index contributed by atoms with van der Waals surface area (Å²) in [7, 11) is 4.65. The number of nitro groups is 1. The largest absolute Gasteiger partial charge is 0.493 e. The van der Waals surface area contributed by atoms with Crippen LogP contribution in [0.2, 0.25) is 5.02 Å². The van der Waals surface area contributed by atoms with Gasteiger partial charge in [-0.1, -0.05) is 29.8 Å². The highest BCUT2D eigenvalue weighted by atomic mass is 35.5. The standard InChI is InChI=1S/C28H26ClN3O6/c1-36-24-13-17(14-25(37-2)28(24)38-3)16-10-21-26(23(33)12-16)27(31-20-7-5-4-6-19(20)30-21)15-8-9-18(29)22(11-15)32(34)35/h4-9,11,13-14,16,27,30-31H,10,12H2,1-3H3. The molecule has 3 aromatic rings. The van der Waals surface area contributed by atoms with Crippen molar-refractivity contribution in [2.24, 2.45) is 0 Å². The van der Waals surface area contributed by atoms with Crippen molar-refractivity contribution in [3.8, 4) is 17.2 Å². The van der Waals surface area contributed by atoms with Crippen molar-refractivity contribution in [2.45, 2.75) is 24.8 Å². The van der Waals surface area contributed by atoms with E-state index in [-0.39, 0.29) is 28.8 Å². The molecule has 0 fully saturated rings. The van der Waals surface area contributed by atoms with E-state index in [4.69, 9.17) is 25.8 Å². The number of para-hydroxylation sites is 2. The zero-order chi connectivity index (χ0) is 27.0. The highest BCUT2D eigenvalue weighted by Gasteiger charge is 2.37. The van der Waals surface area contributed by atoms with Crippen molar-refractivity contribution in [1.82, 2.24) is 0 Å². The summed E-state index contributed by atoms with van der Waals surface area (Å²) in [5.41, 5.74) is 4.13. The molecule has 1 aliphatic carbocycles. The number of hydrogen-bond acceptors (Lipinski definition) is 8. The van der Waals surface area contributed by atoms with Crippen LogP contribution < -0.4 is 24.8 Å². The van der Waals surface area contributed by atoms with Crippen LogP contribution in [0.3, 0.4) is 0 Å². The lowest BCUT2D eigenvalue weighted by Gasteiger charge is -2.30. The number of ether oxygens (including phenoxy) is 3. The fourth-order valence-corrected chi connectivity index (χ4v) is 5.35. The zero-order valence-corrected chi connectivity index (χ0v) is 21.8. The number of hydrogen-bond donors (Lipinski definition) is 2. The number of rotatable bonds is 6. The number of ketones is 1. The first-order chi connectivity index (χ1) is 18.3. The minimum absolute atomic E-state index is 0.0394. The molecule has 196 valence electrons. The molecule has 2 N–H and O–H groups in total. The zero-order valence-electron chi connectivity index (χ0n) is 21.0. The van der Waals surface area contributed by atoms with Crippen LogP contribution in [-0.2, 0) is 4.79 Å². The van der Waals surface area contributed by atoms with Crippen molar-refractivity contribution in [3.05, 3.63) is 92.1 Å². The van der Waals surface area contributed by atoms with Crippen LogP contribution in [0.25, 0.3) is 0 Å². The fraction of sp³-hybridized carbons (Fsp3) is 0.250. The van der Waals surface area contributed by atoms with Gasteiger partial charge in [-0.05, 0) is 53.8 Å². The number of methoxy groups -OCH3 is 3. The number of fused-ring (bicyclic) bond motifs is 1. The second-order valence-corrected chi connectivity index (χ2v) is 9.50. The average Bonchev–Trinajstić information content (AvgIpc) is 3.09. The van der Waals surface area contributed by atoms with Crippen molar-refractivity contribution in [2.75, 3.05) is 32.0 Å². The minimum Gasteiger partial charge on any atom is -0.493 e. The van der Waals surface area contributed by atoms with E-state index >= 15 is 0 Å². The van der Waals surface area contributed by atoms with E-state index in [1.807, 2.05) is 36.4 Å². The van der Waals surface area contributed by atoms with Gasteiger partial charge in [-0.25, -0.2) is 0 Å². The Hall–Kier alpha value is -4.24. The van der Waals surface area contributed by atoms with Gasteiger partial charge in [0, 0.05) is 23.8 Å². The SMILES string of the molecule is COc1cc(C2CC(=O)C3=C(C2)Nc2ccccc2NC3c2ccc(Cl)c([N+](=O)[O-])c2)cc(OC)c1OC. The maximum absolute atomic E-state index is 13.8. The number of benzene rings is 3. The van der Waals surface area contributed by atoms with Crippen molar-refractivity contribution in [3.63, 3.8) is 0 Å². The second-order valence-electron chi connectivity index (χ2n) is 9.10. The van der Waals surface area contributed by atoms with Gasteiger partial charge in [-0.3, -0.25) is 14.9 Å². The molecule has 0 saturated heterocycles. The predicted octanol–water partition coefficient (Wildman–Crippen LogP) is 6.25. The van der Waals surface area contributed by atoms with Crippen molar-refractivity contribution < 1.29 is 23.9 Å². The summed E-state index contributed by atoms with van der Waals surface area (Å²) in [6, 6.07) is 15.4. The molecule has 1 aliphatic heterocycles. The summed E-state index contributed by atoms with van der Waals surface area (Å²) in [6.07, 6.45) is 0.769. The highest BCUT2D eigenvalue weighted by molar-refractivity contribution is 6.32. The molecule has 10 heteroatoms. The van der Waals surface area contributed by atoms with Gasteiger partial charge in [-0.2, -0.15) is 0 Å². The normalized spacial score (nSPS) is 18.4. The summed E-state index contributed by atoms with van der Waals surface area (Å²) < 4.78 is 16.5. The summed E-state index contributed by atoms with van der Waals surface area (Å²) in [5.74, 6) is 1.28. The van der Waals surface area contributed by atoms with Crippen LogP contribution >= 0.6 is 11.6 Å². The molecule has 0 amide bonds. The van der Waals surface area contributed by atoms with E-state index in [0.717, 1.165) is 22.6 Å². The Labute approximate surface area is 224 Å².